The molecule has 146 valence electrons. The molecule has 1 N–H and O–H groups in total. The number of rotatable bonds is 7. The molecule has 0 aliphatic rings. The molecule has 1 amide bonds. The number of halogens is 1. The van der Waals surface area contributed by atoms with E-state index in [1.54, 1.807) is 44.6 Å². The second-order valence-corrected chi connectivity index (χ2v) is 6.27. The van der Waals surface area contributed by atoms with E-state index in [0.717, 1.165) is 11.1 Å². The zero-order valence-corrected chi connectivity index (χ0v) is 16.5. The Morgan fingerprint density at radius 2 is 1.68 bits per heavy atom. The van der Waals surface area contributed by atoms with Crippen molar-refractivity contribution in [3.63, 3.8) is 0 Å². The molecule has 0 aliphatic carbocycles. The molecular weight excluding hydrogens is 382 g/mol. The largest absolute Gasteiger partial charge is 0.493 e. The minimum absolute atomic E-state index is 0.197. The van der Waals surface area contributed by atoms with Gasteiger partial charge in [0.2, 0.25) is 5.75 Å². The predicted octanol–water partition coefficient (Wildman–Crippen LogP) is 4.56. The minimum Gasteiger partial charge on any atom is -0.493 e. The monoisotopic (exact) mass is 401 g/mol. The van der Waals surface area contributed by atoms with Crippen LogP contribution in [0.15, 0.2) is 52.9 Å². The van der Waals surface area contributed by atoms with Crippen molar-refractivity contribution < 1.29 is 23.4 Å². The van der Waals surface area contributed by atoms with Crippen LogP contribution < -0.4 is 19.5 Å². The highest BCUT2D eigenvalue weighted by Gasteiger charge is 2.16. The Bertz CT molecular complexity index is 957. The molecular formula is C21H20ClNO5. The molecule has 2 aromatic carbocycles. The molecule has 0 saturated heterocycles. The van der Waals surface area contributed by atoms with Crippen LogP contribution in [-0.4, -0.2) is 27.2 Å². The lowest BCUT2D eigenvalue weighted by Crippen LogP contribution is -2.22. The number of hydrogen-bond donors (Lipinski definition) is 1. The standard InChI is InChI=1S/C21H20ClNO5/c1-25-18-10-13(11-19(26-2)20(18)27-3)12-23-21(24)17-9-8-16(28-17)14-6-4-5-7-15(14)22/h4-11H,12H2,1-3H3,(H,23,24). The zero-order valence-electron chi connectivity index (χ0n) is 15.7. The number of ether oxygens (including phenoxy) is 3. The molecule has 0 unspecified atom stereocenters. The molecule has 0 radical (unpaired) electrons. The Balaban J connectivity index is 1.74. The van der Waals surface area contributed by atoms with Crippen LogP contribution in [0, 0.1) is 0 Å². The van der Waals surface area contributed by atoms with Gasteiger partial charge in [0.15, 0.2) is 17.3 Å². The van der Waals surface area contributed by atoms with Crippen LogP contribution in [0.1, 0.15) is 16.1 Å². The van der Waals surface area contributed by atoms with E-state index in [9.17, 15) is 4.79 Å². The highest BCUT2D eigenvalue weighted by Crippen LogP contribution is 2.38. The van der Waals surface area contributed by atoms with Crippen LogP contribution in [0.25, 0.3) is 11.3 Å². The Morgan fingerprint density at radius 3 is 2.29 bits per heavy atom. The maximum atomic E-state index is 12.5. The maximum Gasteiger partial charge on any atom is 0.287 e. The fraction of sp³-hybridized carbons (Fsp3) is 0.190. The summed E-state index contributed by atoms with van der Waals surface area (Å²) in [7, 11) is 4.62. The first-order valence-corrected chi connectivity index (χ1v) is 8.87. The summed E-state index contributed by atoms with van der Waals surface area (Å²) in [4.78, 5) is 12.5. The van der Waals surface area contributed by atoms with E-state index in [1.165, 1.54) is 7.11 Å². The van der Waals surface area contributed by atoms with Crippen molar-refractivity contribution in [2.24, 2.45) is 0 Å². The van der Waals surface area contributed by atoms with Crippen molar-refractivity contribution in [3.05, 3.63) is 64.9 Å². The van der Waals surface area contributed by atoms with E-state index >= 15 is 0 Å². The maximum absolute atomic E-state index is 12.5. The summed E-state index contributed by atoms with van der Waals surface area (Å²) >= 11 is 6.18. The van der Waals surface area contributed by atoms with Crippen molar-refractivity contribution in [2.45, 2.75) is 6.54 Å². The van der Waals surface area contributed by atoms with Gasteiger partial charge >= 0.3 is 0 Å². The molecule has 0 saturated carbocycles. The number of carbonyl (C=O) groups is 1. The summed E-state index contributed by atoms with van der Waals surface area (Å²) in [5.74, 6) is 1.92. The van der Waals surface area contributed by atoms with Gasteiger partial charge in [0, 0.05) is 12.1 Å². The molecule has 1 heterocycles. The highest BCUT2D eigenvalue weighted by atomic mass is 35.5. The number of furan rings is 1. The molecule has 28 heavy (non-hydrogen) atoms. The Morgan fingerprint density at radius 1 is 1.00 bits per heavy atom. The third-order valence-corrected chi connectivity index (χ3v) is 4.48. The average Bonchev–Trinajstić information content (AvgIpc) is 3.21. The van der Waals surface area contributed by atoms with E-state index in [0.29, 0.717) is 28.0 Å². The predicted molar refractivity (Wildman–Crippen MR) is 106 cm³/mol. The summed E-state index contributed by atoms with van der Waals surface area (Å²) in [6.45, 7) is 0.262. The molecule has 0 spiro atoms. The first kappa shape index (κ1) is 19.6. The fourth-order valence-electron chi connectivity index (χ4n) is 2.77. The van der Waals surface area contributed by atoms with Gasteiger partial charge in [-0.2, -0.15) is 0 Å². The molecule has 7 heteroatoms. The Labute approximate surface area is 168 Å². The fourth-order valence-corrected chi connectivity index (χ4v) is 3.00. The third kappa shape index (κ3) is 4.07. The lowest BCUT2D eigenvalue weighted by molar-refractivity contribution is 0.0924. The Hall–Kier alpha value is -3.12. The smallest absolute Gasteiger partial charge is 0.287 e. The van der Waals surface area contributed by atoms with Crippen LogP contribution in [0.3, 0.4) is 0 Å². The van der Waals surface area contributed by atoms with Crippen LogP contribution in [0.5, 0.6) is 17.2 Å². The van der Waals surface area contributed by atoms with Gasteiger partial charge in [-0.1, -0.05) is 23.7 Å². The second-order valence-electron chi connectivity index (χ2n) is 5.86. The van der Waals surface area contributed by atoms with E-state index in [2.05, 4.69) is 5.32 Å². The molecule has 0 aliphatic heterocycles. The number of methoxy groups -OCH3 is 3. The first-order valence-electron chi connectivity index (χ1n) is 8.49. The summed E-state index contributed by atoms with van der Waals surface area (Å²) in [5, 5.41) is 3.37. The van der Waals surface area contributed by atoms with Crippen LogP contribution in [0.2, 0.25) is 5.02 Å². The Kier molecular flexibility index (Phi) is 6.11. The third-order valence-electron chi connectivity index (χ3n) is 4.15. The number of hydrogen-bond acceptors (Lipinski definition) is 5. The minimum atomic E-state index is -0.341. The van der Waals surface area contributed by atoms with Gasteiger partial charge in [-0.15, -0.1) is 0 Å². The van der Waals surface area contributed by atoms with Crippen LogP contribution >= 0.6 is 11.6 Å². The molecule has 0 fully saturated rings. The van der Waals surface area contributed by atoms with Crippen LogP contribution in [0.4, 0.5) is 0 Å². The number of carbonyl (C=O) groups excluding carboxylic acids is 1. The SMILES string of the molecule is COc1cc(CNC(=O)c2ccc(-c3ccccc3Cl)o2)cc(OC)c1OC. The summed E-state index contributed by atoms with van der Waals surface area (Å²) in [5.41, 5.74) is 1.52. The van der Waals surface area contributed by atoms with Gasteiger partial charge in [0.25, 0.3) is 5.91 Å². The van der Waals surface area contributed by atoms with Gasteiger partial charge in [-0.3, -0.25) is 4.79 Å². The lowest BCUT2D eigenvalue weighted by Gasteiger charge is -2.14. The van der Waals surface area contributed by atoms with E-state index in [1.807, 2.05) is 18.2 Å². The molecule has 0 bridgehead atoms. The zero-order chi connectivity index (χ0) is 20.1. The van der Waals surface area contributed by atoms with Crippen molar-refractivity contribution in [1.82, 2.24) is 5.32 Å². The molecule has 3 rings (SSSR count). The number of benzene rings is 2. The highest BCUT2D eigenvalue weighted by molar-refractivity contribution is 6.33. The normalized spacial score (nSPS) is 10.4. The number of nitrogens with one attached hydrogen (secondary N) is 1. The van der Waals surface area contributed by atoms with Gasteiger partial charge in [0.05, 0.1) is 26.4 Å². The molecule has 3 aromatic rings. The van der Waals surface area contributed by atoms with E-state index in [4.69, 9.17) is 30.2 Å². The molecule has 0 atom stereocenters. The number of amides is 1. The van der Waals surface area contributed by atoms with Crippen LogP contribution in [-0.2, 0) is 6.54 Å². The van der Waals surface area contributed by atoms with Crippen molar-refractivity contribution in [3.8, 4) is 28.6 Å². The average molecular weight is 402 g/mol. The van der Waals surface area contributed by atoms with Gasteiger partial charge in [0.1, 0.15) is 5.76 Å². The van der Waals surface area contributed by atoms with Crippen molar-refractivity contribution in [2.75, 3.05) is 21.3 Å². The lowest BCUT2D eigenvalue weighted by atomic mass is 10.1. The topological polar surface area (TPSA) is 69.9 Å². The summed E-state index contributed by atoms with van der Waals surface area (Å²) in [6, 6.07) is 14.2. The van der Waals surface area contributed by atoms with Gasteiger partial charge in [-0.25, -0.2) is 0 Å². The van der Waals surface area contributed by atoms with E-state index in [-0.39, 0.29) is 18.2 Å². The van der Waals surface area contributed by atoms with Crippen molar-refractivity contribution >= 4 is 17.5 Å². The second kappa shape index (κ2) is 8.71. The van der Waals surface area contributed by atoms with E-state index < -0.39 is 0 Å². The summed E-state index contributed by atoms with van der Waals surface area (Å²) in [6.07, 6.45) is 0. The molecule has 1 aromatic heterocycles. The quantitative estimate of drug-likeness (QED) is 0.628. The van der Waals surface area contributed by atoms with Gasteiger partial charge in [-0.05, 0) is 42.0 Å². The van der Waals surface area contributed by atoms with Gasteiger partial charge < -0.3 is 23.9 Å². The summed E-state index contributed by atoms with van der Waals surface area (Å²) < 4.78 is 21.6. The first-order chi connectivity index (χ1) is 13.6. The van der Waals surface area contributed by atoms with Crippen molar-refractivity contribution in [1.29, 1.82) is 0 Å². The molecule has 6 nitrogen and oxygen atoms in total.